The second-order valence-corrected chi connectivity index (χ2v) is 8.91. The molecule has 0 radical (unpaired) electrons. The Morgan fingerprint density at radius 3 is 2.54 bits per heavy atom. The molecule has 0 aliphatic rings. The van der Waals surface area contributed by atoms with Crippen LogP contribution in [0.2, 0.25) is 0 Å². The summed E-state index contributed by atoms with van der Waals surface area (Å²) in [5.74, 6) is -0.263. The summed E-state index contributed by atoms with van der Waals surface area (Å²) in [6.45, 7) is 5.66. The van der Waals surface area contributed by atoms with Gasteiger partial charge in [0.2, 0.25) is 4.96 Å². The highest BCUT2D eigenvalue weighted by Crippen LogP contribution is 2.17. The first kappa shape index (κ1) is 24.1. The minimum atomic E-state index is -0.568. The topological polar surface area (TPSA) is 112 Å². The van der Waals surface area contributed by atoms with Gasteiger partial charge in [0.1, 0.15) is 17.4 Å². The Labute approximate surface area is 205 Å². The average Bonchev–Trinajstić information content (AvgIpc) is 3.28. The second kappa shape index (κ2) is 10.5. The molecule has 35 heavy (non-hydrogen) atoms. The summed E-state index contributed by atoms with van der Waals surface area (Å²) < 4.78 is 12.1. The summed E-state index contributed by atoms with van der Waals surface area (Å²) in [7, 11) is 0. The van der Waals surface area contributed by atoms with E-state index in [1.165, 1.54) is 21.9 Å². The number of esters is 1. The first-order valence-electron chi connectivity index (χ1n) is 11.0. The molecule has 1 N–H and O–H groups in total. The molecule has 0 saturated heterocycles. The van der Waals surface area contributed by atoms with E-state index in [1.54, 1.807) is 24.3 Å². The number of amides is 1. The number of carbonyl (C=O) groups excluding carboxylic acids is 2. The van der Waals surface area contributed by atoms with E-state index < -0.39 is 5.97 Å². The number of hydrogen-bond acceptors (Lipinski definition) is 8. The van der Waals surface area contributed by atoms with Gasteiger partial charge in [-0.1, -0.05) is 24.3 Å². The SMILES string of the molecule is CCc1nn2c(=O)cc(COC(=O)c3ccc(NC(=O)COc4ccc(C)c(C)c4)cc3)nc2s1. The van der Waals surface area contributed by atoms with Crippen LogP contribution in [0.5, 0.6) is 5.75 Å². The maximum atomic E-state index is 12.4. The van der Waals surface area contributed by atoms with Gasteiger partial charge in [-0.25, -0.2) is 9.78 Å². The molecule has 0 fully saturated rings. The zero-order chi connectivity index (χ0) is 24.9. The molecule has 9 nitrogen and oxygen atoms in total. The molecular weight excluding hydrogens is 468 g/mol. The maximum absolute atomic E-state index is 12.4. The highest BCUT2D eigenvalue weighted by atomic mass is 32.1. The molecule has 1 amide bonds. The van der Waals surface area contributed by atoms with Crippen LogP contribution in [-0.4, -0.2) is 33.1 Å². The van der Waals surface area contributed by atoms with Gasteiger partial charge in [0.15, 0.2) is 6.61 Å². The summed E-state index contributed by atoms with van der Waals surface area (Å²) in [5, 5.41) is 7.71. The molecule has 180 valence electrons. The molecule has 0 aliphatic carbocycles. The Hall–Kier alpha value is -4.05. The number of ether oxygens (including phenoxy) is 2. The lowest BCUT2D eigenvalue weighted by Crippen LogP contribution is -2.20. The highest BCUT2D eigenvalue weighted by Gasteiger charge is 2.12. The van der Waals surface area contributed by atoms with E-state index in [0.717, 1.165) is 16.1 Å². The number of fused-ring (bicyclic) bond motifs is 1. The zero-order valence-corrected chi connectivity index (χ0v) is 20.3. The van der Waals surface area contributed by atoms with Crippen molar-refractivity contribution in [2.75, 3.05) is 11.9 Å². The highest BCUT2D eigenvalue weighted by molar-refractivity contribution is 7.16. The van der Waals surface area contributed by atoms with Crippen LogP contribution in [0.15, 0.2) is 53.3 Å². The molecule has 0 spiro atoms. The normalized spacial score (nSPS) is 10.8. The summed E-state index contributed by atoms with van der Waals surface area (Å²) in [4.78, 5) is 41.6. The lowest BCUT2D eigenvalue weighted by Gasteiger charge is -2.09. The number of rotatable bonds is 8. The Balaban J connectivity index is 1.30. The number of nitrogens with one attached hydrogen (secondary N) is 1. The molecular formula is C25H24N4O5S. The molecule has 10 heteroatoms. The van der Waals surface area contributed by atoms with E-state index in [9.17, 15) is 14.4 Å². The van der Waals surface area contributed by atoms with Crippen LogP contribution in [0.25, 0.3) is 4.96 Å². The number of benzene rings is 2. The van der Waals surface area contributed by atoms with Gasteiger partial charge in [0.05, 0.1) is 11.3 Å². The van der Waals surface area contributed by atoms with E-state index in [1.807, 2.05) is 39.0 Å². The monoisotopic (exact) mass is 492 g/mol. The van der Waals surface area contributed by atoms with Crippen molar-refractivity contribution in [2.45, 2.75) is 33.8 Å². The van der Waals surface area contributed by atoms with E-state index >= 15 is 0 Å². The lowest BCUT2D eigenvalue weighted by atomic mass is 10.1. The smallest absolute Gasteiger partial charge is 0.338 e. The lowest BCUT2D eigenvalue weighted by molar-refractivity contribution is -0.118. The summed E-state index contributed by atoms with van der Waals surface area (Å²) in [6.07, 6.45) is 0.702. The number of aryl methyl sites for hydroxylation is 3. The fourth-order valence-electron chi connectivity index (χ4n) is 3.17. The van der Waals surface area contributed by atoms with Gasteiger partial charge in [0, 0.05) is 11.8 Å². The average molecular weight is 493 g/mol. The van der Waals surface area contributed by atoms with Crippen LogP contribution >= 0.6 is 11.3 Å². The van der Waals surface area contributed by atoms with Crippen molar-refractivity contribution >= 4 is 33.9 Å². The van der Waals surface area contributed by atoms with Gasteiger partial charge >= 0.3 is 5.97 Å². The molecule has 2 aromatic carbocycles. The molecule has 0 aliphatic heterocycles. The summed E-state index contributed by atoms with van der Waals surface area (Å²) in [5.41, 5.74) is 3.09. The molecule has 0 bridgehead atoms. The third-order valence-electron chi connectivity index (χ3n) is 5.25. The number of carbonyl (C=O) groups is 2. The second-order valence-electron chi connectivity index (χ2n) is 7.87. The van der Waals surface area contributed by atoms with Crippen molar-refractivity contribution in [3.05, 3.63) is 86.3 Å². The fraction of sp³-hybridized carbons (Fsp3) is 0.240. The van der Waals surface area contributed by atoms with Gasteiger partial charge in [-0.2, -0.15) is 9.61 Å². The molecule has 4 rings (SSSR count). The van der Waals surface area contributed by atoms with E-state index in [2.05, 4.69) is 15.4 Å². The van der Waals surface area contributed by atoms with Gasteiger partial charge in [0.25, 0.3) is 11.5 Å². The van der Waals surface area contributed by atoms with Crippen molar-refractivity contribution in [1.82, 2.24) is 14.6 Å². The van der Waals surface area contributed by atoms with Gasteiger partial charge in [-0.05, 0) is 67.8 Å². The first-order chi connectivity index (χ1) is 16.8. The van der Waals surface area contributed by atoms with E-state index in [0.29, 0.717) is 34.1 Å². The fourth-order valence-corrected chi connectivity index (χ4v) is 4.03. The zero-order valence-electron chi connectivity index (χ0n) is 19.5. The van der Waals surface area contributed by atoms with E-state index in [4.69, 9.17) is 9.47 Å². The van der Waals surface area contributed by atoms with Crippen LogP contribution in [0.4, 0.5) is 5.69 Å². The summed E-state index contributed by atoms with van der Waals surface area (Å²) in [6, 6.07) is 13.2. The Morgan fingerprint density at radius 1 is 1.06 bits per heavy atom. The van der Waals surface area contributed by atoms with Gasteiger partial charge < -0.3 is 14.8 Å². The summed E-state index contributed by atoms with van der Waals surface area (Å²) >= 11 is 1.32. The van der Waals surface area contributed by atoms with Crippen LogP contribution in [0.3, 0.4) is 0 Å². The largest absolute Gasteiger partial charge is 0.484 e. The predicted molar refractivity (Wildman–Crippen MR) is 132 cm³/mol. The molecule has 2 aromatic heterocycles. The van der Waals surface area contributed by atoms with Crippen LogP contribution in [0.1, 0.15) is 39.1 Å². The minimum Gasteiger partial charge on any atom is -0.484 e. The van der Waals surface area contributed by atoms with E-state index in [-0.39, 0.29) is 24.7 Å². The van der Waals surface area contributed by atoms with Crippen LogP contribution in [-0.2, 0) is 22.6 Å². The number of hydrogen-bond donors (Lipinski definition) is 1. The van der Waals surface area contributed by atoms with Crippen molar-refractivity contribution in [3.8, 4) is 5.75 Å². The van der Waals surface area contributed by atoms with Crippen molar-refractivity contribution < 1.29 is 19.1 Å². The number of anilines is 1. The first-order valence-corrected chi connectivity index (χ1v) is 11.8. The standard InChI is InChI=1S/C25H24N4O5S/c1-4-22-28-29-23(31)12-19(27-25(29)35-22)13-34-24(32)17-6-8-18(9-7-17)26-21(30)14-33-20-10-5-15(2)16(3)11-20/h5-12H,4,13-14H2,1-3H3,(H,26,30). The molecule has 0 saturated carbocycles. The maximum Gasteiger partial charge on any atom is 0.338 e. The minimum absolute atomic E-state index is 0.136. The van der Waals surface area contributed by atoms with Crippen molar-refractivity contribution in [3.63, 3.8) is 0 Å². The Kier molecular flexibility index (Phi) is 7.21. The Bertz CT molecular complexity index is 1440. The third-order valence-corrected chi connectivity index (χ3v) is 6.30. The Morgan fingerprint density at radius 2 is 1.83 bits per heavy atom. The van der Waals surface area contributed by atoms with Crippen LogP contribution < -0.4 is 15.6 Å². The van der Waals surface area contributed by atoms with Crippen LogP contribution in [0, 0.1) is 13.8 Å². The third kappa shape index (κ3) is 5.90. The molecule has 0 unspecified atom stereocenters. The molecule has 4 aromatic rings. The van der Waals surface area contributed by atoms with Gasteiger partial charge in [-0.15, -0.1) is 0 Å². The quantitative estimate of drug-likeness (QED) is 0.373. The predicted octanol–water partition coefficient (Wildman–Crippen LogP) is 3.70. The molecule has 0 atom stereocenters. The molecule has 2 heterocycles. The van der Waals surface area contributed by atoms with Crippen molar-refractivity contribution in [2.24, 2.45) is 0 Å². The van der Waals surface area contributed by atoms with Gasteiger partial charge in [-0.3, -0.25) is 9.59 Å². The van der Waals surface area contributed by atoms with Crippen molar-refractivity contribution in [1.29, 1.82) is 0 Å². The number of nitrogens with zero attached hydrogens (tertiary/aromatic N) is 3. The number of aromatic nitrogens is 3.